The standard InChI is InChI=1S/C14H12O/c1-12(14-8-5-11-15-14)9-10-13-6-3-2-4-7-13/h2-8,11-12H,1H3. The zero-order valence-corrected chi connectivity index (χ0v) is 8.60. The van der Waals surface area contributed by atoms with E-state index in [1.807, 2.05) is 49.4 Å². The van der Waals surface area contributed by atoms with Crippen LogP contribution in [0.4, 0.5) is 0 Å². The van der Waals surface area contributed by atoms with Crippen molar-refractivity contribution in [3.63, 3.8) is 0 Å². The van der Waals surface area contributed by atoms with Gasteiger partial charge in [0, 0.05) is 5.56 Å². The van der Waals surface area contributed by atoms with Crippen molar-refractivity contribution in [3.05, 3.63) is 60.1 Å². The van der Waals surface area contributed by atoms with E-state index in [-0.39, 0.29) is 5.92 Å². The van der Waals surface area contributed by atoms with Gasteiger partial charge in [0.05, 0.1) is 12.2 Å². The van der Waals surface area contributed by atoms with Crippen molar-refractivity contribution < 1.29 is 4.42 Å². The van der Waals surface area contributed by atoms with E-state index in [4.69, 9.17) is 4.42 Å². The Morgan fingerprint density at radius 1 is 1.07 bits per heavy atom. The van der Waals surface area contributed by atoms with E-state index in [1.54, 1.807) is 6.26 Å². The molecule has 0 bridgehead atoms. The summed E-state index contributed by atoms with van der Waals surface area (Å²) in [5, 5.41) is 0. The van der Waals surface area contributed by atoms with E-state index in [0.29, 0.717) is 0 Å². The molecule has 0 aliphatic heterocycles. The third kappa shape index (κ3) is 2.51. The van der Waals surface area contributed by atoms with E-state index in [2.05, 4.69) is 11.8 Å². The third-order valence-electron chi connectivity index (χ3n) is 2.18. The van der Waals surface area contributed by atoms with Crippen LogP contribution >= 0.6 is 0 Å². The molecule has 74 valence electrons. The fourth-order valence-electron chi connectivity index (χ4n) is 1.32. The lowest BCUT2D eigenvalue weighted by atomic mass is 10.1. The lowest BCUT2D eigenvalue weighted by Gasteiger charge is -1.96. The van der Waals surface area contributed by atoms with Crippen molar-refractivity contribution in [1.29, 1.82) is 0 Å². The average Bonchev–Trinajstić information content (AvgIpc) is 2.81. The van der Waals surface area contributed by atoms with Gasteiger partial charge >= 0.3 is 0 Å². The fraction of sp³-hybridized carbons (Fsp3) is 0.143. The van der Waals surface area contributed by atoms with Crippen molar-refractivity contribution in [2.45, 2.75) is 12.8 Å². The molecule has 15 heavy (non-hydrogen) atoms. The van der Waals surface area contributed by atoms with Gasteiger partial charge in [0.1, 0.15) is 5.76 Å². The second kappa shape index (κ2) is 4.52. The van der Waals surface area contributed by atoms with Crippen LogP contribution in [0.1, 0.15) is 24.2 Å². The maximum atomic E-state index is 5.28. The van der Waals surface area contributed by atoms with Gasteiger partial charge in [-0.15, -0.1) is 0 Å². The Hall–Kier alpha value is -1.94. The summed E-state index contributed by atoms with van der Waals surface area (Å²) < 4.78 is 5.28. The molecule has 0 saturated heterocycles. The number of furan rings is 1. The summed E-state index contributed by atoms with van der Waals surface area (Å²) in [6.45, 7) is 2.04. The van der Waals surface area contributed by atoms with Gasteiger partial charge in [-0.3, -0.25) is 0 Å². The highest BCUT2D eigenvalue weighted by Gasteiger charge is 2.02. The topological polar surface area (TPSA) is 13.1 Å². The minimum Gasteiger partial charge on any atom is -0.468 e. The molecule has 0 spiro atoms. The van der Waals surface area contributed by atoms with E-state index in [0.717, 1.165) is 11.3 Å². The zero-order valence-electron chi connectivity index (χ0n) is 8.60. The van der Waals surface area contributed by atoms with Gasteiger partial charge < -0.3 is 4.42 Å². The molecular formula is C14H12O. The van der Waals surface area contributed by atoms with E-state index in [9.17, 15) is 0 Å². The Balaban J connectivity index is 2.13. The molecule has 1 nitrogen and oxygen atoms in total. The summed E-state index contributed by atoms with van der Waals surface area (Å²) in [5.41, 5.74) is 1.04. The molecule has 1 heteroatoms. The number of hydrogen-bond acceptors (Lipinski definition) is 1. The smallest absolute Gasteiger partial charge is 0.118 e. The third-order valence-corrected chi connectivity index (χ3v) is 2.18. The maximum absolute atomic E-state index is 5.28. The highest BCUT2D eigenvalue weighted by Crippen LogP contribution is 2.14. The molecule has 0 amide bonds. The first kappa shape index (κ1) is 9.61. The highest BCUT2D eigenvalue weighted by molar-refractivity contribution is 5.35. The largest absolute Gasteiger partial charge is 0.468 e. The van der Waals surface area contributed by atoms with Gasteiger partial charge in [-0.05, 0) is 31.2 Å². The molecule has 0 radical (unpaired) electrons. The van der Waals surface area contributed by atoms with Crippen molar-refractivity contribution in [2.24, 2.45) is 0 Å². The predicted molar refractivity (Wildman–Crippen MR) is 60.4 cm³/mol. The Kier molecular flexibility index (Phi) is 2.90. The molecule has 0 N–H and O–H groups in total. The number of hydrogen-bond donors (Lipinski definition) is 0. The molecular weight excluding hydrogens is 184 g/mol. The monoisotopic (exact) mass is 196 g/mol. The summed E-state index contributed by atoms with van der Waals surface area (Å²) in [6.07, 6.45) is 1.68. The zero-order chi connectivity index (χ0) is 10.5. The van der Waals surface area contributed by atoms with E-state index < -0.39 is 0 Å². The summed E-state index contributed by atoms with van der Waals surface area (Å²) in [4.78, 5) is 0. The van der Waals surface area contributed by atoms with Crippen LogP contribution in [0.25, 0.3) is 0 Å². The van der Waals surface area contributed by atoms with Gasteiger partial charge in [0.15, 0.2) is 0 Å². The minimum atomic E-state index is 0.139. The molecule has 1 atom stereocenters. The van der Waals surface area contributed by atoms with Crippen LogP contribution in [0.5, 0.6) is 0 Å². The Labute approximate surface area is 89.7 Å². The molecule has 1 heterocycles. The van der Waals surface area contributed by atoms with Crippen molar-refractivity contribution >= 4 is 0 Å². The summed E-state index contributed by atoms with van der Waals surface area (Å²) in [7, 11) is 0. The van der Waals surface area contributed by atoms with Gasteiger partial charge in [-0.2, -0.15) is 0 Å². The summed E-state index contributed by atoms with van der Waals surface area (Å²) in [5.74, 6) is 7.33. The first-order chi connectivity index (χ1) is 7.36. The second-order valence-electron chi connectivity index (χ2n) is 3.37. The molecule has 2 aromatic rings. The van der Waals surface area contributed by atoms with Gasteiger partial charge in [0.2, 0.25) is 0 Å². The molecule has 0 fully saturated rings. The van der Waals surface area contributed by atoms with E-state index >= 15 is 0 Å². The number of benzene rings is 1. The first-order valence-corrected chi connectivity index (χ1v) is 4.96. The van der Waals surface area contributed by atoms with Gasteiger partial charge in [-0.25, -0.2) is 0 Å². The summed E-state index contributed by atoms with van der Waals surface area (Å²) in [6, 6.07) is 13.8. The van der Waals surface area contributed by atoms with Crippen LogP contribution < -0.4 is 0 Å². The normalized spacial score (nSPS) is 11.5. The Morgan fingerprint density at radius 3 is 2.53 bits per heavy atom. The molecule has 0 aliphatic carbocycles. The molecule has 1 aromatic carbocycles. The van der Waals surface area contributed by atoms with Crippen molar-refractivity contribution in [3.8, 4) is 11.8 Å². The minimum absolute atomic E-state index is 0.139. The van der Waals surface area contributed by atoms with Crippen molar-refractivity contribution in [2.75, 3.05) is 0 Å². The maximum Gasteiger partial charge on any atom is 0.118 e. The second-order valence-corrected chi connectivity index (χ2v) is 3.37. The van der Waals surface area contributed by atoms with Crippen molar-refractivity contribution in [1.82, 2.24) is 0 Å². The number of rotatable bonds is 1. The lowest BCUT2D eigenvalue weighted by Crippen LogP contribution is -1.85. The Morgan fingerprint density at radius 2 is 1.87 bits per heavy atom. The molecule has 1 unspecified atom stereocenters. The molecule has 2 rings (SSSR count). The van der Waals surface area contributed by atoms with Gasteiger partial charge in [-0.1, -0.05) is 30.0 Å². The van der Waals surface area contributed by atoms with Gasteiger partial charge in [0.25, 0.3) is 0 Å². The predicted octanol–water partition coefficient (Wildman–Crippen LogP) is 3.43. The average molecular weight is 196 g/mol. The first-order valence-electron chi connectivity index (χ1n) is 4.96. The van der Waals surface area contributed by atoms with Crippen LogP contribution in [0.15, 0.2) is 53.1 Å². The molecule has 0 aliphatic rings. The quantitative estimate of drug-likeness (QED) is 0.637. The lowest BCUT2D eigenvalue weighted by molar-refractivity contribution is 0.503. The fourth-order valence-corrected chi connectivity index (χ4v) is 1.32. The highest BCUT2D eigenvalue weighted by atomic mass is 16.3. The van der Waals surface area contributed by atoms with Crippen LogP contribution in [-0.2, 0) is 0 Å². The van der Waals surface area contributed by atoms with E-state index in [1.165, 1.54) is 0 Å². The van der Waals surface area contributed by atoms with Crippen LogP contribution in [-0.4, -0.2) is 0 Å². The molecule has 0 saturated carbocycles. The van der Waals surface area contributed by atoms with Crippen LogP contribution in [0.3, 0.4) is 0 Å². The summed E-state index contributed by atoms with van der Waals surface area (Å²) >= 11 is 0. The Bertz CT molecular complexity index is 457. The van der Waals surface area contributed by atoms with Crippen LogP contribution in [0, 0.1) is 11.8 Å². The van der Waals surface area contributed by atoms with Crippen LogP contribution in [0.2, 0.25) is 0 Å². The molecule has 1 aromatic heterocycles. The SMILES string of the molecule is CC(C#Cc1ccccc1)c1ccco1.